The van der Waals surface area contributed by atoms with Gasteiger partial charge in [-0.3, -0.25) is 4.98 Å². The van der Waals surface area contributed by atoms with Gasteiger partial charge in [-0.05, 0) is 56.6 Å². The summed E-state index contributed by atoms with van der Waals surface area (Å²) in [6.07, 6.45) is 0.869. The minimum absolute atomic E-state index is 0.850. The summed E-state index contributed by atoms with van der Waals surface area (Å²) in [5.41, 5.74) is 4.43. The van der Waals surface area contributed by atoms with Crippen LogP contribution >= 0.6 is 0 Å². The standard InChI is InChI=1S/C17H22N2O/c1-5-15-17(8-6-13(3)19-15)20-16-9-7-14(11-18-4)10-12(16)2/h6-10,18H,5,11H2,1-4H3. The molecule has 0 spiro atoms. The van der Waals surface area contributed by atoms with E-state index in [2.05, 4.69) is 36.3 Å². The molecule has 0 saturated heterocycles. The van der Waals surface area contributed by atoms with E-state index in [0.29, 0.717) is 0 Å². The van der Waals surface area contributed by atoms with Crippen LogP contribution in [0.3, 0.4) is 0 Å². The second kappa shape index (κ2) is 6.53. The molecular formula is C17H22N2O. The van der Waals surface area contributed by atoms with Crippen molar-refractivity contribution in [1.29, 1.82) is 0 Å². The monoisotopic (exact) mass is 270 g/mol. The van der Waals surface area contributed by atoms with Crippen molar-refractivity contribution in [2.45, 2.75) is 33.7 Å². The first-order valence-electron chi connectivity index (χ1n) is 7.02. The normalized spacial score (nSPS) is 10.6. The molecule has 1 N–H and O–H groups in total. The lowest BCUT2D eigenvalue weighted by Crippen LogP contribution is -2.05. The minimum Gasteiger partial charge on any atom is -0.455 e. The number of hydrogen-bond donors (Lipinski definition) is 1. The molecule has 0 unspecified atom stereocenters. The number of aryl methyl sites for hydroxylation is 3. The Kier molecular flexibility index (Phi) is 4.74. The van der Waals surface area contributed by atoms with Crippen molar-refractivity contribution in [3.05, 3.63) is 52.8 Å². The number of pyridine rings is 1. The van der Waals surface area contributed by atoms with Gasteiger partial charge in [0.25, 0.3) is 0 Å². The summed E-state index contributed by atoms with van der Waals surface area (Å²) in [5, 5.41) is 3.15. The van der Waals surface area contributed by atoms with E-state index in [1.165, 1.54) is 5.56 Å². The number of ether oxygens (including phenoxy) is 1. The summed E-state index contributed by atoms with van der Waals surface area (Å²) in [7, 11) is 1.95. The summed E-state index contributed by atoms with van der Waals surface area (Å²) < 4.78 is 6.04. The molecule has 3 nitrogen and oxygen atoms in total. The molecular weight excluding hydrogens is 248 g/mol. The third-order valence-electron chi connectivity index (χ3n) is 3.25. The highest BCUT2D eigenvalue weighted by molar-refractivity contribution is 5.41. The molecule has 0 aliphatic rings. The van der Waals surface area contributed by atoms with Crippen molar-refractivity contribution < 1.29 is 4.74 Å². The SMILES string of the molecule is CCc1nc(C)ccc1Oc1ccc(CNC)cc1C. The predicted octanol–water partition coefficient (Wildman–Crippen LogP) is 3.77. The van der Waals surface area contributed by atoms with Gasteiger partial charge in [0.2, 0.25) is 0 Å². The highest BCUT2D eigenvalue weighted by atomic mass is 16.5. The lowest BCUT2D eigenvalue weighted by atomic mass is 10.1. The fraction of sp³-hybridized carbons (Fsp3) is 0.353. The Morgan fingerprint density at radius 2 is 1.85 bits per heavy atom. The molecule has 0 amide bonds. The van der Waals surface area contributed by atoms with Crippen LogP contribution in [0.25, 0.3) is 0 Å². The number of nitrogens with zero attached hydrogens (tertiary/aromatic N) is 1. The Morgan fingerprint density at radius 3 is 2.50 bits per heavy atom. The van der Waals surface area contributed by atoms with Gasteiger partial charge in [0.15, 0.2) is 0 Å². The van der Waals surface area contributed by atoms with Crippen molar-refractivity contribution in [2.75, 3.05) is 7.05 Å². The first kappa shape index (κ1) is 14.5. The van der Waals surface area contributed by atoms with Crippen LogP contribution in [-0.4, -0.2) is 12.0 Å². The summed E-state index contributed by atoms with van der Waals surface area (Å²) in [6.45, 7) is 7.04. The second-order valence-electron chi connectivity index (χ2n) is 4.98. The van der Waals surface area contributed by atoms with Crippen LogP contribution in [-0.2, 0) is 13.0 Å². The minimum atomic E-state index is 0.850. The van der Waals surface area contributed by atoms with Gasteiger partial charge in [0.1, 0.15) is 11.5 Å². The number of rotatable bonds is 5. The van der Waals surface area contributed by atoms with Crippen LogP contribution in [0.2, 0.25) is 0 Å². The zero-order valence-corrected chi connectivity index (χ0v) is 12.7. The summed E-state index contributed by atoms with van der Waals surface area (Å²) in [6, 6.07) is 10.3. The maximum atomic E-state index is 6.04. The van der Waals surface area contributed by atoms with Gasteiger partial charge in [0.05, 0.1) is 5.69 Å². The van der Waals surface area contributed by atoms with Crippen LogP contribution in [0.4, 0.5) is 0 Å². The molecule has 106 valence electrons. The average Bonchev–Trinajstić information content (AvgIpc) is 2.43. The third-order valence-corrected chi connectivity index (χ3v) is 3.25. The summed E-state index contributed by atoms with van der Waals surface area (Å²) >= 11 is 0. The lowest BCUT2D eigenvalue weighted by molar-refractivity contribution is 0.469. The van der Waals surface area contributed by atoms with Crippen molar-refractivity contribution in [3.63, 3.8) is 0 Å². The van der Waals surface area contributed by atoms with Gasteiger partial charge in [0, 0.05) is 12.2 Å². The van der Waals surface area contributed by atoms with E-state index < -0.39 is 0 Å². The zero-order chi connectivity index (χ0) is 14.5. The fourth-order valence-electron chi connectivity index (χ4n) is 2.20. The average molecular weight is 270 g/mol. The van der Waals surface area contributed by atoms with Gasteiger partial charge >= 0.3 is 0 Å². The first-order chi connectivity index (χ1) is 9.63. The zero-order valence-electron chi connectivity index (χ0n) is 12.7. The van der Waals surface area contributed by atoms with E-state index in [-0.39, 0.29) is 0 Å². The Balaban J connectivity index is 2.26. The van der Waals surface area contributed by atoms with Gasteiger partial charge < -0.3 is 10.1 Å². The smallest absolute Gasteiger partial charge is 0.148 e. The molecule has 0 radical (unpaired) electrons. The van der Waals surface area contributed by atoms with Gasteiger partial charge in [-0.25, -0.2) is 0 Å². The van der Waals surface area contributed by atoms with E-state index in [1.807, 2.05) is 32.2 Å². The molecule has 1 heterocycles. The predicted molar refractivity (Wildman–Crippen MR) is 82.4 cm³/mol. The molecule has 0 atom stereocenters. The molecule has 1 aromatic heterocycles. The Morgan fingerprint density at radius 1 is 1.10 bits per heavy atom. The topological polar surface area (TPSA) is 34.1 Å². The van der Waals surface area contributed by atoms with E-state index >= 15 is 0 Å². The molecule has 0 fully saturated rings. The Hall–Kier alpha value is -1.87. The molecule has 2 rings (SSSR count). The van der Waals surface area contributed by atoms with E-state index in [1.54, 1.807) is 0 Å². The van der Waals surface area contributed by atoms with E-state index in [0.717, 1.165) is 41.4 Å². The van der Waals surface area contributed by atoms with Crippen LogP contribution in [0.15, 0.2) is 30.3 Å². The van der Waals surface area contributed by atoms with Gasteiger partial charge in [-0.15, -0.1) is 0 Å². The van der Waals surface area contributed by atoms with Crippen LogP contribution in [0.5, 0.6) is 11.5 Å². The highest BCUT2D eigenvalue weighted by Crippen LogP contribution is 2.28. The van der Waals surface area contributed by atoms with Crippen molar-refractivity contribution in [2.24, 2.45) is 0 Å². The van der Waals surface area contributed by atoms with Crippen LogP contribution in [0.1, 0.15) is 29.4 Å². The maximum absolute atomic E-state index is 6.04. The largest absolute Gasteiger partial charge is 0.455 e. The quantitative estimate of drug-likeness (QED) is 0.898. The van der Waals surface area contributed by atoms with E-state index in [4.69, 9.17) is 4.74 Å². The fourth-order valence-corrected chi connectivity index (χ4v) is 2.20. The molecule has 2 aromatic rings. The molecule has 20 heavy (non-hydrogen) atoms. The summed E-state index contributed by atoms with van der Waals surface area (Å²) in [5.74, 6) is 1.74. The number of nitrogens with one attached hydrogen (secondary N) is 1. The van der Waals surface area contributed by atoms with Crippen molar-refractivity contribution in [3.8, 4) is 11.5 Å². The second-order valence-corrected chi connectivity index (χ2v) is 4.98. The molecule has 0 bridgehead atoms. The maximum Gasteiger partial charge on any atom is 0.148 e. The summed E-state index contributed by atoms with van der Waals surface area (Å²) in [4.78, 5) is 4.53. The molecule has 0 aliphatic heterocycles. The van der Waals surface area contributed by atoms with Crippen LogP contribution in [0, 0.1) is 13.8 Å². The van der Waals surface area contributed by atoms with Crippen molar-refractivity contribution >= 4 is 0 Å². The van der Waals surface area contributed by atoms with Gasteiger partial charge in [-0.2, -0.15) is 0 Å². The Labute approximate surface area is 121 Å². The lowest BCUT2D eigenvalue weighted by Gasteiger charge is -2.13. The third kappa shape index (κ3) is 3.36. The Bertz CT molecular complexity index is 594. The van der Waals surface area contributed by atoms with Crippen LogP contribution < -0.4 is 10.1 Å². The van der Waals surface area contributed by atoms with Gasteiger partial charge in [-0.1, -0.05) is 19.1 Å². The number of hydrogen-bond acceptors (Lipinski definition) is 3. The first-order valence-corrected chi connectivity index (χ1v) is 7.02. The highest BCUT2D eigenvalue weighted by Gasteiger charge is 2.08. The van der Waals surface area contributed by atoms with Crippen molar-refractivity contribution in [1.82, 2.24) is 10.3 Å². The molecule has 1 aromatic carbocycles. The number of benzene rings is 1. The number of aromatic nitrogens is 1. The molecule has 0 saturated carbocycles. The molecule has 3 heteroatoms. The molecule has 0 aliphatic carbocycles. The van der Waals surface area contributed by atoms with E-state index in [9.17, 15) is 0 Å².